The summed E-state index contributed by atoms with van der Waals surface area (Å²) in [5.74, 6) is -0.206. The van der Waals surface area contributed by atoms with Gasteiger partial charge in [0.05, 0.1) is 5.75 Å². The molecule has 0 aliphatic heterocycles. The number of aliphatic carboxylic acids is 1. The molecule has 1 atom stereocenters. The molecular weight excluding hydrogens is 296 g/mol. The Morgan fingerprint density at radius 1 is 1.50 bits per heavy atom. The highest BCUT2D eigenvalue weighted by molar-refractivity contribution is 7.99. The van der Waals surface area contributed by atoms with E-state index in [1.165, 1.54) is 11.8 Å². The first-order valence-corrected chi connectivity index (χ1v) is 9.13. The molecule has 0 bridgehead atoms. The number of hydrogen-bond acceptors (Lipinski definition) is 4. The number of carboxylic acids is 1. The fourth-order valence-electron chi connectivity index (χ4n) is 1.84. The third kappa shape index (κ3) is 5.28. The predicted octanol–water partition coefficient (Wildman–Crippen LogP) is 2.13. The molecule has 0 aliphatic rings. The minimum Gasteiger partial charge on any atom is -0.481 e. The van der Waals surface area contributed by atoms with Crippen molar-refractivity contribution >= 4 is 28.5 Å². The van der Waals surface area contributed by atoms with Crippen molar-refractivity contribution in [3.63, 3.8) is 0 Å². The molecule has 0 amide bonds. The second-order valence-corrected chi connectivity index (χ2v) is 8.14. The fraction of sp³-hybridized carbons (Fsp3) is 0.692. The Bertz CT molecular complexity index is 492. The van der Waals surface area contributed by atoms with Gasteiger partial charge in [-0.1, -0.05) is 32.5 Å². The van der Waals surface area contributed by atoms with Gasteiger partial charge in [0.25, 0.3) is 0 Å². The van der Waals surface area contributed by atoms with Crippen molar-refractivity contribution in [3.05, 3.63) is 11.9 Å². The molecule has 114 valence electrons. The Morgan fingerprint density at radius 3 is 2.65 bits per heavy atom. The lowest BCUT2D eigenvalue weighted by atomic mass is 9.92. The number of thioether (sulfide) groups is 1. The van der Waals surface area contributed by atoms with Gasteiger partial charge >= 0.3 is 5.97 Å². The van der Waals surface area contributed by atoms with Crippen molar-refractivity contribution in [2.24, 2.45) is 0 Å². The van der Waals surface area contributed by atoms with Gasteiger partial charge in [0.2, 0.25) is 0 Å². The van der Waals surface area contributed by atoms with Crippen LogP contribution >= 0.6 is 11.8 Å². The van der Waals surface area contributed by atoms with Gasteiger partial charge in [-0.05, 0) is 6.42 Å². The second kappa shape index (κ2) is 7.26. The molecule has 0 spiro atoms. The van der Waals surface area contributed by atoms with Crippen molar-refractivity contribution in [2.75, 3.05) is 17.8 Å². The molecule has 7 heteroatoms. The largest absolute Gasteiger partial charge is 0.481 e. The zero-order valence-electron chi connectivity index (χ0n) is 12.4. The summed E-state index contributed by atoms with van der Waals surface area (Å²) in [6.45, 7) is 7.02. The van der Waals surface area contributed by atoms with Crippen molar-refractivity contribution in [2.45, 2.75) is 44.3 Å². The van der Waals surface area contributed by atoms with Crippen LogP contribution in [0.4, 0.5) is 0 Å². The van der Waals surface area contributed by atoms with E-state index in [1.54, 1.807) is 6.26 Å². The van der Waals surface area contributed by atoms with Crippen molar-refractivity contribution < 1.29 is 14.1 Å². The second-order valence-electron chi connectivity index (χ2n) is 5.64. The maximum atomic E-state index is 11.2. The minimum absolute atomic E-state index is 0.000302. The first-order valence-electron chi connectivity index (χ1n) is 6.42. The summed E-state index contributed by atoms with van der Waals surface area (Å²) < 4.78 is 13.2. The maximum Gasteiger partial charge on any atom is 0.313 e. The highest BCUT2D eigenvalue weighted by Crippen LogP contribution is 2.27. The van der Waals surface area contributed by atoms with E-state index in [0.29, 0.717) is 12.3 Å². The summed E-state index contributed by atoms with van der Waals surface area (Å²) in [6, 6.07) is 0. The molecule has 1 aromatic heterocycles. The standard InChI is InChI=1S/C13H22N2O3S2/c1-13(2,3)10-8-14-12(19-9-11(16)17)15(10)6-5-7-20(4)18/h8H,5-7,9H2,1-4H3,(H,16,17). The van der Waals surface area contributed by atoms with Crippen molar-refractivity contribution in [1.82, 2.24) is 9.55 Å². The van der Waals surface area contributed by atoms with E-state index in [9.17, 15) is 9.00 Å². The monoisotopic (exact) mass is 318 g/mol. The Labute approximate surface area is 126 Å². The van der Waals surface area contributed by atoms with E-state index in [1.807, 2.05) is 6.20 Å². The molecule has 0 aromatic carbocycles. The molecular formula is C13H22N2O3S2. The van der Waals surface area contributed by atoms with Crippen LogP contribution in [-0.2, 0) is 27.6 Å². The molecule has 0 radical (unpaired) electrons. The number of aromatic nitrogens is 2. The van der Waals surface area contributed by atoms with Crippen LogP contribution in [0.3, 0.4) is 0 Å². The lowest BCUT2D eigenvalue weighted by Gasteiger charge is -2.21. The van der Waals surface area contributed by atoms with Gasteiger partial charge in [0.15, 0.2) is 5.16 Å². The van der Waals surface area contributed by atoms with Crippen LogP contribution in [0.5, 0.6) is 0 Å². The third-order valence-electron chi connectivity index (χ3n) is 2.73. The summed E-state index contributed by atoms with van der Waals surface area (Å²) in [4.78, 5) is 15.0. The normalized spacial score (nSPS) is 13.4. The molecule has 0 saturated heterocycles. The number of hydrogen-bond donors (Lipinski definition) is 1. The summed E-state index contributed by atoms with van der Waals surface area (Å²) in [5, 5.41) is 9.50. The number of imidazole rings is 1. The van der Waals surface area contributed by atoms with Gasteiger partial charge in [-0.25, -0.2) is 4.98 Å². The summed E-state index contributed by atoms with van der Waals surface area (Å²) in [7, 11) is -0.807. The number of carboxylic acid groups (broad SMARTS) is 1. The molecule has 1 rings (SSSR count). The van der Waals surface area contributed by atoms with E-state index < -0.39 is 16.8 Å². The molecule has 1 heterocycles. The average molecular weight is 318 g/mol. The van der Waals surface area contributed by atoms with Crippen LogP contribution < -0.4 is 0 Å². The minimum atomic E-state index is -0.850. The molecule has 20 heavy (non-hydrogen) atoms. The van der Waals surface area contributed by atoms with E-state index in [2.05, 4.69) is 30.3 Å². The lowest BCUT2D eigenvalue weighted by molar-refractivity contribution is -0.133. The van der Waals surface area contributed by atoms with Gasteiger partial charge in [-0.3, -0.25) is 9.00 Å². The first-order chi connectivity index (χ1) is 9.21. The van der Waals surface area contributed by atoms with E-state index in [-0.39, 0.29) is 11.2 Å². The van der Waals surface area contributed by atoms with Gasteiger partial charge in [0.1, 0.15) is 0 Å². The SMILES string of the molecule is CS(=O)CCCn1c(C(C)(C)C)cnc1SCC(=O)O. The molecule has 0 fully saturated rings. The molecule has 1 unspecified atom stereocenters. The molecule has 1 N–H and O–H groups in total. The first kappa shape index (κ1) is 17.2. The highest BCUT2D eigenvalue weighted by atomic mass is 32.2. The molecule has 1 aromatic rings. The van der Waals surface area contributed by atoms with Crippen LogP contribution in [0.2, 0.25) is 0 Å². The summed E-state index contributed by atoms with van der Waals surface area (Å²) in [6.07, 6.45) is 4.30. The van der Waals surface area contributed by atoms with E-state index in [4.69, 9.17) is 5.11 Å². The highest BCUT2D eigenvalue weighted by Gasteiger charge is 2.22. The van der Waals surface area contributed by atoms with Crippen LogP contribution in [-0.4, -0.2) is 42.6 Å². The van der Waals surface area contributed by atoms with E-state index >= 15 is 0 Å². The Kier molecular flexibility index (Phi) is 6.26. The fourth-order valence-corrected chi connectivity index (χ4v) is 3.10. The van der Waals surface area contributed by atoms with Crippen LogP contribution in [0.1, 0.15) is 32.9 Å². The number of rotatable bonds is 7. The molecule has 0 aliphatic carbocycles. The zero-order valence-corrected chi connectivity index (χ0v) is 14.0. The van der Waals surface area contributed by atoms with Crippen LogP contribution in [0.25, 0.3) is 0 Å². The number of carbonyl (C=O) groups is 1. The average Bonchev–Trinajstić information content (AvgIpc) is 2.68. The van der Waals surface area contributed by atoms with Gasteiger partial charge in [-0.15, -0.1) is 0 Å². The van der Waals surface area contributed by atoms with Gasteiger partial charge in [0, 0.05) is 46.7 Å². The smallest absolute Gasteiger partial charge is 0.313 e. The Morgan fingerprint density at radius 2 is 2.15 bits per heavy atom. The molecule has 0 saturated carbocycles. The third-order valence-corrected chi connectivity index (χ3v) is 4.56. The summed E-state index contributed by atoms with van der Waals surface area (Å²) >= 11 is 1.23. The zero-order chi connectivity index (χ0) is 15.3. The van der Waals surface area contributed by atoms with Crippen LogP contribution in [0, 0.1) is 0 Å². The van der Waals surface area contributed by atoms with Gasteiger partial charge < -0.3 is 9.67 Å². The Balaban J connectivity index is 2.90. The maximum absolute atomic E-state index is 11.2. The van der Waals surface area contributed by atoms with Crippen LogP contribution in [0.15, 0.2) is 11.4 Å². The lowest BCUT2D eigenvalue weighted by Crippen LogP contribution is -2.19. The molecule has 5 nitrogen and oxygen atoms in total. The topological polar surface area (TPSA) is 72.2 Å². The number of nitrogens with zero attached hydrogens (tertiary/aromatic N) is 2. The Hall–Kier alpha value is -0.820. The quantitative estimate of drug-likeness (QED) is 0.780. The van der Waals surface area contributed by atoms with E-state index in [0.717, 1.165) is 17.3 Å². The van der Waals surface area contributed by atoms with Crippen molar-refractivity contribution in [3.8, 4) is 0 Å². The summed E-state index contributed by atoms with van der Waals surface area (Å²) in [5.41, 5.74) is 1.02. The van der Waals surface area contributed by atoms with Crippen molar-refractivity contribution in [1.29, 1.82) is 0 Å². The van der Waals surface area contributed by atoms with Gasteiger partial charge in [-0.2, -0.15) is 0 Å². The predicted molar refractivity (Wildman–Crippen MR) is 82.8 cm³/mol.